The molecule has 7 nitrogen and oxygen atoms in total. The summed E-state index contributed by atoms with van der Waals surface area (Å²) in [5.74, 6) is -1.58. The van der Waals surface area contributed by atoms with Crippen LogP contribution < -0.4 is 10.6 Å². The van der Waals surface area contributed by atoms with E-state index < -0.39 is 25.0 Å². The van der Waals surface area contributed by atoms with Gasteiger partial charge in [-0.2, -0.15) is 0 Å². The minimum atomic E-state index is -1.69. The van der Waals surface area contributed by atoms with Gasteiger partial charge in [-0.15, -0.1) is 0 Å². The summed E-state index contributed by atoms with van der Waals surface area (Å²) in [5, 5.41) is 24.9. The third-order valence-corrected chi connectivity index (χ3v) is 5.11. The number of fused-ring (bicyclic) bond motifs is 1. The fourth-order valence-corrected chi connectivity index (χ4v) is 3.60. The van der Waals surface area contributed by atoms with E-state index in [9.17, 15) is 24.4 Å². The maximum atomic E-state index is 13.0. The van der Waals surface area contributed by atoms with Crippen LogP contribution in [0.5, 0.6) is 0 Å². The van der Waals surface area contributed by atoms with Crippen LogP contribution in [0.25, 0.3) is 0 Å². The van der Waals surface area contributed by atoms with Crippen molar-refractivity contribution in [3.63, 3.8) is 0 Å². The van der Waals surface area contributed by atoms with E-state index in [1.165, 1.54) is 0 Å². The highest BCUT2D eigenvalue weighted by Gasteiger charge is 2.34. The van der Waals surface area contributed by atoms with Crippen LogP contribution in [0, 0.1) is 11.8 Å². The molecule has 0 saturated heterocycles. The van der Waals surface area contributed by atoms with E-state index in [0.29, 0.717) is 24.0 Å². The molecule has 1 aromatic carbocycles. The molecule has 2 atom stereocenters. The monoisotopic (exact) mass is 414 g/mol. The van der Waals surface area contributed by atoms with E-state index in [4.69, 9.17) is 0 Å². The molecule has 0 bridgehead atoms. The molecular formula is C22H31BN2O5. The number of nitrogens with one attached hydrogen (secondary N) is 2. The van der Waals surface area contributed by atoms with Gasteiger partial charge in [0.1, 0.15) is 6.04 Å². The van der Waals surface area contributed by atoms with Gasteiger partial charge in [0.2, 0.25) is 11.7 Å². The van der Waals surface area contributed by atoms with Crippen LogP contribution >= 0.6 is 0 Å². The van der Waals surface area contributed by atoms with E-state index >= 15 is 0 Å². The first-order chi connectivity index (χ1) is 14.0. The van der Waals surface area contributed by atoms with Crippen molar-refractivity contribution in [1.82, 2.24) is 10.6 Å². The molecule has 0 unspecified atom stereocenters. The van der Waals surface area contributed by atoms with E-state index in [1.54, 1.807) is 31.2 Å². The molecular weight excluding hydrogens is 383 g/mol. The molecule has 1 aromatic rings. The Hall–Kier alpha value is -2.45. The van der Waals surface area contributed by atoms with Crippen LogP contribution in [0.15, 0.2) is 35.5 Å². The predicted octanol–water partition coefficient (Wildman–Crippen LogP) is 1.89. The Balaban J connectivity index is 2.30. The van der Waals surface area contributed by atoms with Crippen LogP contribution in [-0.2, 0) is 4.79 Å². The molecule has 0 saturated carbocycles. The molecule has 2 rings (SSSR count). The second-order valence-corrected chi connectivity index (χ2v) is 8.69. The molecule has 0 spiro atoms. The Labute approximate surface area is 178 Å². The number of allylic oxidation sites excluding steroid dienone is 2. The van der Waals surface area contributed by atoms with Gasteiger partial charge in [0.15, 0.2) is 5.78 Å². The number of hydrogen-bond donors (Lipinski definition) is 4. The molecule has 30 heavy (non-hydrogen) atoms. The summed E-state index contributed by atoms with van der Waals surface area (Å²) < 4.78 is 0. The van der Waals surface area contributed by atoms with Crippen molar-refractivity contribution < 1.29 is 24.4 Å². The minimum absolute atomic E-state index is 0.115. The normalized spacial score (nSPS) is 15.9. The number of benzene rings is 1. The van der Waals surface area contributed by atoms with Gasteiger partial charge < -0.3 is 20.7 Å². The summed E-state index contributed by atoms with van der Waals surface area (Å²) >= 11 is 0. The molecule has 0 aromatic heterocycles. The van der Waals surface area contributed by atoms with Crippen molar-refractivity contribution in [3.05, 3.63) is 46.7 Å². The SMILES string of the molecule is CC1=C(N[C@@H](CC(C)C)C(=O)N[C@@H](CC(C)C)B(O)O)C(=O)c2ccccc2C1=O. The Kier molecular flexibility index (Phi) is 7.98. The predicted molar refractivity (Wildman–Crippen MR) is 116 cm³/mol. The lowest BCUT2D eigenvalue weighted by atomic mass is 9.75. The third-order valence-electron chi connectivity index (χ3n) is 5.11. The number of amides is 1. The van der Waals surface area contributed by atoms with E-state index in [2.05, 4.69) is 10.6 Å². The van der Waals surface area contributed by atoms with Crippen molar-refractivity contribution in [1.29, 1.82) is 0 Å². The Morgan fingerprint density at radius 2 is 1.50 bits per heavy atom. The molecule has 1 amide bonds. The summed E-state index contributed by atoms with van der Waals surface area (Å²) in [6.07, 6.45) is 0.798. The third kappa shape index (κ3) is 5.58. The summed E-state index contributed by atoms with van der Waals surface area (Å²) in [6.45, 7) is 9.30. The number of rotatable bonds is 9. The van der Waals surface area contributed by atoms with Gasteiger partial charge in [-0.05, 0) is 31.6 Å². The number of carbonyl (C=O) groups excluding carboxylic acids is 3. The first kappa shape index (κ1) is 23.8. The second kappa shape index (κ2) is 10.0. The van der Waals surface area contributed by atoms with Crippen molar-refractivity contribution in [2.75, 3.05) is 0 Å². The van der Waals surface area contributed by atoms with Crippen LogP contribution in [0.4, 0.5) is 0 Å². The molecule has 0 fully saturated rings. The van der Waals surface area contributed by atoms with E-state index in [1.807, 2.05) is 27.7 Å². The second-order valence-electron chi connectivity index (χ2n) is 8.69. The van der Waals surface area contributed by atoms with Crippen LogP contribution in [0.2, 0.25) is 0 Å². The van der Waals surface area contributed by atoms with Crippen molar-refractivity contribution >= 4 is 24.6 Å². The number of carbonyl (C=O) groups is 3. The maximum absolute atomic E-state index is 13.0. The fraction of sp³-hybridized carbons (Fsp3) is 0.500. The van der Waals surface area contributed by atoms with Gasteiger partial charge in [-0.1, -0.05) is 52.0 Å². The summed E-state index contributed by atoms with van der Waals surface area (Å²) in [5.41, 5.74) is 1.05. The topological polar surface area (TPSA) is 116 Å². The minimum Gasteiger partial charge on any atom is -0.426 e. The number of hydrogen-bond acceptors (Lipinski definition) is 6. The molecule has 0 heterocycles. The average Bonchev–Trinajstić information content (AvgIpc) is 2.67. The van der Waals surface area contributed by atoms with Gasteiger partial charge in [-0.25, -0.2) is 0 Å². The zero-order chi connectivity index (χ0) is 22.6. The smallest absolute Gasteiger partial charge is 0.426 e. The summed E-state index contributed by atoms with van der Waals surface area (Å²) in [6, 6.07) is 5.82. The van der Waals surface area contributed by atoms with Gasteiger partial charge >= 0.3 is 7.12 Å². The first-order valence-corrected chi connectivity index (χ1v) is 10.3. The zero-order valence-corrected chi connectivity index (χ0v) is 18.2. The molecule has 8 heteroatoms. The Bertz CT molecular complexity index is 848. The van der Waals surface area contributed by atoms with Crippen molar-refractivity contribution in [2.45, 2.75) is 59.4 Å². The zero-order valence-electron chi connectivity index (χ0n) is 18.2. The standard InChI is InChI=1S/C22H31BN2O5/c1-12(2)10-17(22(28)25-18(23(29)30)11-13(3)4)24-19-14(5)20(26)15-8-6-7-9-16(15)21(19)27/h6-9,12-13,17-18,24,29-30H,10-11H2,1-5H3,(H,25,28)/t17-,18-/m0/s1. The van der Waals surface area contributed by atoms with Gasteiger partial charge in [0, 0.05) is 16.7 Å². The van der Waals surface area contributed by atoms with Gasteiger partial charge in [0.05, 0.1) is 11.6 Å². The van der Waals surface area contributed by atoms with E-state index in [-0.39, 0.29) is 34.7 Å². The summed E-state index contributed by atoms with van der Waals surface area (Å²) in [7, 11) is -1.69. The molecule has 0 radical (unpaired) electrons. The Morgan fingerprint density at radius 1 is 0.967 bits per heavy atom. The van der Waals surface area contributed by atoms with Crippen LogP contribution in [0.3, 0.4) is 0 Å². The molecule has 162 valence electrons. The van der Waals surface area contributed by atoms with Gasteiger partial charge in [0.25, 0.3) is 0 Å². The van der Waals surface area contributed by atoms with Crippen molar-refractivity contribution in [3.8, 4) is 0 Å². The average molecular weight is 414 g/mol. The molecule has 1 aliphatic rings. The largest absolute Gasteiger partial charge is 0.475 e. The van der Waals surface area contributed by atoms with E-state index in [0.717, 1.165) is 0 Å². The maximum Gasteiger partial charge on any atom is 0.475 e. The van der Waals surface area contributed by atoms with Crippen molar-refractivity contribution in [2.24, 2.45) is 11.8 Å². The lowest BCUT2D eigenvalue weighted by Gasteiger charge is -2.28. The number of Topliss-reactive ketones (excluding diaryl/α,β-unsaturated/α-hetero) is 2. The molecule has 1 aliphatic carbocycles. The van der Waals surface area contributed by atoms with Crippen LogP contribution in [-0.4, -0.2) is 46.6 Å². The summed E-state index contributed by atoms with van der Waals surface area (Å²) in [4.78, 5) is 38.7. The van der Waals surface area contributed by atoms with Gasteiger partial charge in [-0.3, -0.25) is 14.4 Å². The fourth-order valence-electron chi connectivity index (χ4n) is 3.60. The first-order valence-electron chi connectivity index (χ1n) is 10.3. The Morgan fingerprint density at radius 3 is 2.00 bits per heavy atom. The lowest BCUT2D eigenvalue weighted by molar-refractivity contribution is -0.123. The number of ketones is 2. The molecule has 4 N–H and O–H groups in total. The highest BCUT2D eigenvalue weighted by atomic mass is 16.4. The molecule has 0 aliphatic heterocycles. The highest BCUT2D eigenvalue weighted by molar-refractivity contribution is 6.43. The van der Waals surface area contributed by atoms with Crippen LogP contribution in [0.1, 0.15) is 68.2 Å². The highest BCUT2D eigenvalue weighted by Crippen LogP contribution is 2.25. The lowest BCUT2D eigenvalue weighted by Crippen LogP contribution is -2.54. The quantitative estimate of drug-likeness (QED) is 0.459.